The second-order valence-electron chi connectivity index (χ2n) is 5.36. The van der Waals surface area contributed by atoms with Crippen molar-refractivity contribution >= 4 is 11.8 Å². The summed E-state index contributed by atoms with van der Waals surface area (Å²) in [6.45, 7) is 10.6. The second kappa shape index (κ2) is 5.26. The molecule has 0 aromatic rings. The van der Waals surface area contributed by atoms with E-state index < -0.39 is 11.1 Å². The molecule has 1 fully saturated rings. The molecule has 2 amide bonds. The first-order chi connectivity index (χ1) is 8.29. The summed E-state index contributed by atoms with van der Waals surface area (Å²) in [6.07, 6.45) is 0.590. The van der Waals surface area contributed by atoms with Gasteiger partial charge < -0.3 is 15.0 Å². The van der Waals surface area contributed by atoms with Crippen LogP contribution in [0.4, 0.5) is 0 Å². The minimum Gasteiger partial charge on any atom is -0.380 e. The van der Waals surface area contributed by atoms with Crippen molar-refractivity contribution in [3.8, 4) is 0 Å². The van der Waals surface area contributed by atoms with Crippen LogP contribution in [0.1, 0.15) is 41.0 Å². The molecule has 0 aliphatic carbocycles. The third-order valence-corrected chi connectivity index (χ3v) is 3.64. The van der Waals surface area contributed by atoms with Crippen molar-refractivity contribution in [2.45, 2.75) is 52.1 Å². The predicted octanol–water partition coefficient (Wildman–Crippen LogP) is 0.929. The Kier molecular flexibility index (Phi) is 4.37. The van der Waals surface area contributed by atoms with Crippen LogP contribution >= 0.6 is 0 Å². The van der Waals surface area contributed by atoms with Gasteiger partial charge in [-0.25, -0.2) is 0 Å². The van der Waals surface area contributed by atoms with Gasteiger partial charge in [-0.3, -0.25) is 9.59 Å². The molecule has 1 aliphatic heterocycles. The first kappa shape index (κ1) is 15.0. The molecule has 1 saturated heterocycles. The molecule has 5 nitrogen and oxygen atoms in total. The summed E-state index contributed by atoms with van der Waals surface area (Å²) in [5, 5.41) is 2.80. The number of hydrogen-bond acceptors (Lipinski definition) is 3. The Morgan fingerprint density at radius 1 is 1.22 bits per heavy atom. The van der Waals surface area contributed by atoms with E-state index in [1.807, 2.05) is 13.8 Å². The summed E-state index contributed by atoms with van der Waals surface area (Å²) in [4.78, 5) is 26.3. The van der Waals surface area contributed by atoms with Crippen molar-refractivity contribution in [3.63, 3.8) is 0 Å². The van der Waals surface area contributed by atoms with Crippen molar-refractivity contribution in [1.82, 2.24) is 10.2 Å². The van der Waals surface area contributed by atoms with Crippen LogP contribution in [-0.4, -0.2) is 47.6 Å². The lowest BCUT2D eigenvalue weighted by Crippen LogP contribution is -2.73. The highest BCUT2D eigenvalue weighted by molar-refractivity contribution is 6.01. The summed E-state index contributed by atoms with van der Waals surface area (Å²) in [5.41, 5.74) is -1.61. The first-order valence-corrected chi connectivity index (χ1v) is 6.52. The number of rotatable bonds is 5. The van der Waals surface area contributed by atoms with Gasteiger partial charge in [0.05, 0.1) is 6.61 Å². The largest absolute Gasteiger partial charge is 0.380 e. The van der Waals surface area contributed by atoms with E-state index in [-0.39, 0.29) is 11.8 Å². The van der Waals surface area contributed by atoms with E-state index in [4.69, 9.17) is 4.74 Å². The van der Waals surface area contributed by atoms with Gasteiger partial charge in [0, 0.05) is 13.2 Å². The highest BCUT2D eigenvalue weighted by Crippen LogP contribution is 2.28. The number of hydrogen-bond donors (Lipinski definition) is 1. The van der Waals surface area contributed by atoms with Crippen molar-refractivity contribution < 1.29 is 14.3 Å². The maximum absolute atomic E-state index is 12.4. The summed E-state index contributed by atoms with van der Waals surface area (Å²) in [6, 6.07) is 0. The first-order valence-electron chi connectivity index (χ1n) is 6.52. The molecule has 0 aromatic carbocycles. The smallest absolute Gasteiger partial charge is 0.248 e. The molecule has 0 radical (unpaired) electrons. The molecule has 104 valence electrons. The number of ether oxygens (including phenoxy) is 1. The number of nitrogens with zero attached hydrogens (tertiary/aromatic N) is 1. The SMILES string of the molecule is CCOCCN1C(=O)C(C)(C)NC(=O)C1(C)CC. The van der Waals surface area contributed by atoms with E-state index in [1.54, 1.807) is 25.7 Å². The quantitative estimate of drug-likeness (QED) is 0.744. The van der Waals surface area contributed by atoms with Crippen LogP contribution in [0.3, 0.4) is 0 Å². The van der Waals surface area contributed by atoms with E-state index in [9.17, 15) is 9.59 Å². The third-order valence-electron chi connectivity index (χ3n) is 3.64. The number of nitrogens with one attached hydrogen (secondary N) is 1. The summed E-state index contributed by atoms with van der Waals surface area (Å²) >= 11 is 0. The summed E-state index contributed by atoms with van der Waals surface area (Å²) < 4.78 is 5.30. The monoisotopic (exact) mass is 256 g/mol. The van der Waals surface area contributed by atoms with Crippen LogP contribution in [0.15, 0.2) is 0 Å². The van der Waals surface area contributed by atoms with Gasteiger partial charge in [0.15, 0.2) is 0 Å². The predicted molar refractivity (Wildman–Crippen MR) is 69.1 cm³/mol. The van der Waals surface area contributed by atoms with Gasteiger partial charge in [-0.1, -0.05) is 6.92 Å². The average molecular weight is 256 g/mol. The van der Waals surface area contributed by atoms with Crippen molar-refractivity contribution in [2.24, 2.45) is 0 Å². The van der Waals surface area contributed by atoms with Crippen LogP contribution in [0.2, 0.25) is 0 Å². The Balaban J connectivity index is 2.95. The lowest BCUT2D eigenvalue weighted by atomic mass is 9.86. The maximum atomic E-state index is 12.4. The zero-order valence-electron chi connectivity index (χ0n) is 12.0. The molecular formula is C13H24N2O3. The second-order valence-corrected chi connectivity index (χ2v) is 5.36. The van der Waals surface area contributed by atoms with Gasteiger partial charge in [0.25, 0.3) is 0 Å². The lowest BCUT2D eigenvalue weighted by Gasteiger charge is -2.48. The topological polar surface area (TPSA) is 58.6 Å². The van der Waals surface area contributed by atoms with Gasteiger partial charge in [-0.2, -0.15) is 0 Å². The van der Waals surface area contributed by atoms with Crippen molar-refractivity contribution in [2.75, 3.05) is 19.8 Å². The molecule has 0 bridgehead atoms. The molecule has 1 unspecified atom stereocenters. The van der Waals surface area contributed by atoms with E-state index in [0.717, 1.165) is 0 Å². The van der Waals surface area contributed by atoms with Crippen molar-refractivity contribution in [3.05, 3.63) is 0 Å². The molecule has 5 heteroatoms. The minimum atomic E-state index is -0.835. The molecule has 1 atom stereocenters. The van der Waals surface area contributed by atoms with Crippen LogP contribution in [0.25, 0.3) is 0 Å². The van der Waals surface area contributed by atoms with Crippen LogP contribution in [0, 0.1) is 0 Å². The highest BCUT2D eigenvalue weighted by Gasteiger charge is 2.51. The normalized spacial score (nSPS) is 27.3. The highest BCUT2D eigenvalue weighted by atomic mass is 16.5. The Morgan fingerprint density at radius 2 is 1.83 bits per heavy atom. The standard InChI is InChI=1S/C13H24N2O3/c1-6-13(5)10(16)14-12(3,4)11(17)15(13)8-9-18-7-2/h6-9H2,1-5H3,(H,14,16). The molecule has 0 aromatic heterocycles. The van der Waals surface area contributed by atoms with E-state index in [0.29, 0.717) is 26.2 Å². The van der Waals surface area contributed by atoms with Gasteiger partial charge in [0.2, 0.25) is 11.8 Å². The van der Waals surface area contributed by atoms with Crippen LogP contribution < -0.4 is 5.32 Å². The van der Waals surface area contributed by atoms with Gasteiger partial charge in [-0.05, 0) is 34.1 Å². The fourth-order valence-electron chi connectivity index (χ4n) is 2.16. The summed E-state index contributed by atoms with van der Waals surface area (Å²) in [7, 11) is 0. The molecule has 18 heavy (non-hydrogen) atoms. The van der Waals surface area contributed by atoms with E-state index in [2.05, 4.69) is 5.32 Å². The van der Waals surface area contributed by atoms with Gasteiger partial charge >= 0.3 is 0 Å². The molecule has 0 spiro atoms. The van der Waals surface area contributed by atoms with E-state index in [1.165, 1.54) is 0 Å². The van der Waals surface area contributed by atoms with Crippen molar-refractivity contribution in [1.29, 1.82) is 0 Å². The summed E-state index contributed by atoms with van der Waals surface area (Å²) in [5.74, 6) is -0.141. The van der Waals surface area contributed by atoms with Crippen LogP contribution in [0.5, 0.6) is 0 Å². The lowest BCUT2D eigenvalue weighted by molar-refractivity contribution is -0.161. The zero-order valence-corrected chi connectivity index (χ0v) is 12.0. The van der Waals surface area contributed by atoms with E-state index >= 15 is 0 Å². The molecule has 1 rings (SSSR count). The molecule has 0 saturated carbocycles. The fourth-order valence-corrected chi connectivity index (χ4v) is 2.16. The maximum Gasteiger partial charge on any atom is 0.248 e. The Morgan fingerprint density at radius 3 is 2.33 bits per heavy atom. The number of carbonyl (C=O) groups is 2. The van der Waals surface area contributed by atoms with Gasteiger partial charge in [0.1, 0.15) is 11.1 Å². The Bertz CT molecular complexity index is 341. The number of amides is 2. The zero-order chi connectivity index (χ0) is 14.0. The minimum absolute atomic E-state index is 0.0499. The third kappa shape index (κ3) is 2.51. The number of piperazine rings is 1. The molecule has 1 heterocycles. The van der Waals surface area contributed by atoms with Crippen LogP contribution in [-0.2, 0) is 14.3 Å². The number of carbonyl (C=O) groups excluding carboxylic acids is 2. The molecule has 1 aliphatic rings. The molecular weight excluding hydrogens is 232 g/mol. The molecule has 1 N–H and O–H groups in total. The fraction of sp³-hybridized carbons (Fsp3) is 0.846. The average Bonchev–Trinajstić information content (AvgIpc) is 2.31. The Labute approximate surface area is 109 Å². The van der Waals surface area contributed by atoms with Gasteiger partial charge in [-0.15, -0.1) is 0 Å². The Hall–Kier alpha value is -1.10.